The quantitative estimate of drug-likeness (QED) is 0.761. The highest BCUT2D eigenvalue weighted by Gasteiger charge is 1.95. The van der Waals surface area contributed by atoms with Crippen molar-refractivity contribution in [2.75, 3.05) is 0 Å². The first-order chi connectivity index (χ1) is 7.16. The fourth-order valence-corrected chi connectivity index (χ4v) is 1.82. The minimum absolute atomic E-state index is 0.617. The summed E-state index contributed by atoms with van der Waals surface area (Å²) >= 11 is 10.2. The number of H-pyrrole nitrogens is 1. The van der Waals surface area contributed by atoms with Crippen molar-refractivity contribution in [2.24, 2.45) is 0 Å². The van der Waals surface area contributed by atoms with Gasteiger partial charge in [-0.15, -0.1) is 0 Å². The minimum atomic E-state index is 0.617. The third kappa shape index (κ3) is 2.22. The molecule has 15 heavy (non-hydrogen) atoms. The third-order valence-electron chi connectivity index (χ3n) is 2.14. The van der Waals surface area contributed by atoms with Gasteiger partial charge in [-0.1, -0.05) is 29.9 Å². The Labute approximate surface area is 98.2 Å². The largest absolute Gasteiger partial charge is 0.323 e. The number of benzene rings is 1. The van der Waals surface area contributed by atoms with Crippen LogP contribution in [0.3, 0.4) is 0 Å². The molecule has 0 saturated carbocycles. The van der Waals surface area contributed by atoms with Gasteiger partial charge < -0.3 is 4.98 Å². The van der Waals surface area contributed by atoms with Crippen molar-refractivity contribution >= 4 is 24.4 Å². The fourth-order valence-electron chi connectivity index (χ4n) is 1.33. The normalized spacial score (nSPS) is 10.2. The first-order valence-corrected chi connectivity index (χ1v) is 5.37. The van der Waals surface area contributed by atoms with Crippen molar-refractivity contribution in [1.29, 1.82) is 0 Å². The summed E-state index contributed by atoms with van der Waals surface area (Å²) in [6.45, 7) is 2.06. The first-order valence-electron chi connectivity index (χ1n) is 4.56. The van der Waals surface area contributed by atoms with Crippen molar-refractivity contribution in [2.45, 2.75) is 6.92 Å². The lowest BCUT2D eigenvalue weighted by molar-refractivity contribution is 0.949. The molecule has 2 nitrogen and oxygen atoms in total. The van der Waals surface area contributed by atoms with Gasteiger partial charge in [-0.25, -0.2) is 0 Å². The molecule has 0 aliphatic rings. The van der Waals surface area contributed by atoms with Crippen LogP contribution in [0, 0.1) is 16.3 Å². The summed E-state index contributed by atoms with van der Waals surface area (Å²) in [5, 5.41) is 0. The molecule has 76 valence electrons. The molecule has 1 heterocycles. The maximum Gasteiger partial charge on any atom is 0.182 e. The molecule has 1 aromatic carbocycles. The predicted molar refractivity (Wildman–Crippen MR) is 66.5 cm³/mol. The second-order valence-electron chi connectivity index (χ2n) is 3.32. The molecule has 0 unspecified atom stereocenters. The fraction of sp³-hybridized carbons (Fsp3) is 0.0909. The molecule has 0 saturated heterocycles. The number of hydrogen-bond donors (Lipinski definition) is 1. The summed E-state index contributed by atoms with van der Waals surface area (Å²) in [5.41, 5.74) is 2.27. The van der Waals surface area contributed by atoms with Gasteiger partial charge in [0, 0.05) is 11.9 Å². The highest BCUT2D eigenvalue weighted by Crippen LogP contribution is 2.09. The molecular formula is C11H10N2S2. The average molecular weight is 234 g/mol. The van der Waals surface area contributed by atoms with E-state index in [0.29, 0.717) is 9.41 Å². The topological polar surface area (TPSA) is 20.7 Å². The lowest BCUT2D eigenvalue weighted by Crippen LogP contribution is -1.98. The van der Waals surface area contributed by atoms with Crippen molar-refractivity contribution in [1.82, 2.24) is 9.55 Å². The van der Waals surface area contributed by atoms with Gasteiger partial charge in [0.25, 0.3) is 0 Å². The van der Waals surface area contributed by atoms with E-state index in [-0.39, 0.29) is 0 Å². The highest BCUT2D eigenvalue weighted by atomic mass is 32.1. The molecule has 0 amide bonds. The van der Waals surface area contributed by atoms with E-state index in [1.807, 2.05) is 29.0 Å². The number of aromatic amines is 1. The zero-order chi connectivity index (χ0) is 10.8. The number of aryl methyl sites for hydroxylation is 1. The molecule has 1 aromatic heterocycles. The van der Waals surface area contributed by atoms with Crippen LogP contribution in [0.5, 0.6) is 0 Å². The number of nitrogens with one attached hydrogen (secondary N) is 1. The summed E-state index contributed by atoms with van der Waals surface area (Å²) in [6.07, 6.45) is 1.88. The second kappa shape index (κ2) is 4.08. The lowest BCUT2D eigenvalue weighted by atomic mass is 10.2. The van der Waals surface area contributed by atoms with E-state index in [9.17, 15) is 0 Å². The Morgan fingerprint density at radius 1 is 1.07 bits per heavy atom. The van der Waals surface area contributed by atoms with Crippen LogP contribution in [-0.2, 0) is 0 Å². The summed E-state index contributed by atoms with van der Waals surface area (Å²) in [4.78, 5) is 2.94. The predicted octanol–water partition coefficient (Wildman–Crippen LogP) is 3.57. The standard InChI is InChI=1S/C11H10N2S2/c1-8-2-4-9(5-3-8)13-7-6-10(14)12-11(13)15/h2-7H,1H3,(H,12,14,15). The Hall–Kier alpha value is -1.26. The Morgan fingerprint density at radius 3 is 2.33 bits per heavy atom. The molecule has 0 aliphatic carbocycles. The maximum atomic E-state index is 5.20. The van der Waals surface area contributed by atoms with E-state index < -0.39 is 0 Å². The Bertz CT molecular complexity index is 579. The molecule has 4 heteroatoms. The maximum absolute atomic E-state index is 5.20. The lowest BCUT2D eigenvalue weighted by Gasteiger charge is -2.06. The van der Waals surface area contributed by atoms with Crippen LogP contribution < -0.4 is 0 Å². The highest BCUT2D eigenvalue weighted by molar-refractivity contribution is 7.72. The molecule has 0 spiro atoms. The van der Waals surface area contributed by atoms with Gasteiger partial charge in [0.15, 0.2) is 4.77 Å². The molecule has 0 bridgehead atoms. The number of aromatic nitrogens is 2. The molecule has 0 radical (unpaired) electrons. The smallest absolute Gasteiger partial charge is 0.182 e. The van der Waals surface area contributed by atoms with Gasteiger partial charge >= 0.3 is 0 Å². The zero-order valence-corrected chi connectivity index (χ0v) is 9.86. The van der Waals surface area contributed by atoms with E-state index >= 15 is 0 Å². The van der Waals surface area contributed by atoms with Gasteiger partial charge in [0.2, 0.25) is 0 Å². The summed E-state index contributed by atoms with van der Waals surface area (Å²) < 4.78 is 3.17. The van der Waals surface area contributed by atoms with Crippen molar-refractivity contribution < 1.29 is 0 Å². The van der Waals surface area contributed by atoms with E-state index in [1.165, 1.54) is 5.56 Å². The third-order valence-corrected chi connectivity index (χ3v) is 2.67. The monoisotopic (exact) mass is 234 g/mol. The van der Waals surface area contributed by atoms with Crippen LogP contribution in [0.15, 0.2) is 36.5 Å². The number of rotatable bonds is 1. The molecule has 0 aliphatic heterocycles. The Kier molecular flexibility index (Phi) is 2.79. The Balaban J connectivity index is 2.59. The second-order valence-corrected chi connectivity index (χ2v) is 4.14. The number of nitrogens with zero attached hydrogens (tertiary/aromatic N) is 1. The molecule has 2 aromatic rings. The molecule has 0 atom stereocenters. The van der Waals surface area contributed by atoms with Crippen LogP contribution in [-0.4, -0.2) is 9.55 Å². The van der Waals surface area contributed by atoms with Gasteiger partial charge in [-0.05, 0) is 37.3 Å². The molecule has 0 fully saturated rings. The molecule has 2 rings (SSSR count). The van der Waals surface area contributed by atoms with E-state index in [1.54, 1.807) is 0 Å². The number of hydrogen-bond acceptors (Lipinski definition) is 2. The van der Waals surface area contributed by atoms with Crippen molar-refractivity contribution in [3.8, 4) is 5.69 Å². The van der Waals surface area contributed by atoms with Crippen molar-refractivity contribution in [3.63, 3.8) is 0 Å². The first kappa shape index (κ1) is 10.3. The summed E-state index contributed by atoms with van der Waals surface area (Å²) in [6, 6.07) is 9.99. The van der Waals surface area contributed by atoms with Gasteiger partial charge in [-0.2, -0.15) is 0 Å². The summed E-state index contributed by atoms with van der Waals surface area (Å²) in [5.74, 6) is 0. The SMILES string of the molecule is Cc1ccc(-n2ccc(=S)[nH]c2=S)cc1. The van der Waals surface area contributed by atoms with Crippen LogP contribution in [0.2, 0.25) is 0 Å². The van der Waals surface area contributed by atoms with Crippen LogP contribution in [0.1, 0.15) is 5.56 Å². The molecule has 1 N–H and O–H groups in total. The van der Waals surface area contributed by atoms with E-state index in [0.717, 1.165) is 5.69 Å². The van der Waals surface area contributed by atoms with Crippen LogP contribution >= 0.6 is 24.4 Å². The van der Waals surface area contributed by atoms with Crippen LogP contribution in [0.4, 0.5) is 0 Å². The Morgan fingerprint density at radius 2 is 1.73 bits per heavy atom. The minimum Gasteiger partial charge on any atom is -0.323 e. The van der Waals surface area contributed by atoms with Gasteiger partial charge in [0.1, 0.15) is 4.64 Å². The molecular weight excluding hydrogens is 224 g/mol. The van der Waals surface area contributed by atoms with Gasteiger partial charge in [-0.3, -0.25) is 4.57 Å². The van der Waals surface area contributed by atoms with Crippen LogP contribution in [0.25, 0.3) is 5.69 Å². The van der Waals surface area contributed by atoms with E-state index in [2.05, 4.69) is 24.0 Å². The summed E-state index contributed by atoms with van der Waals surface area (Å²) in [7, 11) is 0. The average Bonchev–Trinajstić information content (AvgIpc) is 2.20. The van der Waals surface area contributed by atoms with E-state index in [4.69, 9.17) is 24.4 Å². The van der Waals surface area contributed by atoms with Crippen molar-refractivity contribution in [3.05, 3.63) is 51.5 Å². The van der Waals surface area contributed by atoms with Gasteiger partial charge in [0.05, 0.1) is 0 Å². The zero-order valence-electron chi connectivity index (χ0n) is 8.23.